The van der Waals surface area contributed by atoms with Crippen molar-refractivity contribution in [3.8, 4) is 0 Å². The van der Waals surface area contributed by atoms with Crippen LogP contribution in [0.5, 0.6) is 0 Å². The molecule has 0 aliphatic heterocycles. The molecule has 148 valence electrons. The first kappa shape index (κ1) is 23.9. The predicted molar refractivity (Wildman–Crippen MR) is 103 cm³/mol. The number of hydrogen-bond donors (Lipinski definition) is 1. The van der Waals surface area contributed by atoms with Crippen LogP contribution in [0.4, 0.5) is 0 Å². The van der Waals surface area contributed by atoms with Crippen molar-refractivity contribution >= 4 is 11.9 Å². The van der Waals surface area contributed by atoms with Gasteiger partial charge in [-0.3, -0.25) is 4.79 Å². The highest BCUT2D eigenvalue weighted by Crippen LogP contribution is 2.14. The summed E-state index contributed by atoms with van der Waals surface area (Å²) in [5.41, 5.74) is 0. The Hall–Kier alpha value is -1.06. The summed E-state index contributed by atoms with van der Waals surface area (Å²) in [6.07, 6.45) is 21.1. The van der Waals surface area contributed by atoms with Gasteiger partial charge in [-0.2, -0.15) is 0 Å². The molecular formula is C21H40O4. The summed E-state index contributed by atoms with van der Waals surface area (Å²) in [7, 11) is 0. The van der Waals surface area contributed by atoms with Gasteiger partial charge in [0.15, 0.2) is 6.61 Å². The number of ether oxygens (including phenoxy) is 1. The zero-order chi connectivity index (χ0) is 18.6. The number of aliphatic carboxylic acids is 1. The third-order valence-corrected chi connectivity index (χ3v) is 4.59. The molecular weight excluding hydrogens is 316 g/mol. The molecule has 0 spiro atoms. The molecule has 0 saturated carbocycles. The molecule has 0 radical (unpaired) electrons. The highest BCUT2D eigenvalue weighted by molar-refractivity contribution is 5.75. The van der Waals surface area contributed by atoms with Crippen molar-refractivity contribution in [3.63, 3.8) is 0 Å². The van der Waals surface area contributed by atoms with E-state index in [0.717, 1.165) is 19.3 Å². The van der Waals surface area contributed by atoms with Gasteiger partial charge < -0.3 is 9.84 Å². The average Bonchev–Trinajstić information content (AvgIpc) is 2.59. The van der Waals surface area contributed by atoms with Gasteiger partial charge in [0, 0.05) is 6.42 Å². The lowest BCUT2D eigenvalue weighted by Gasteiger charge is -2.04. The third kappa shape index (κ3) is 20.9. The molecule has 0 unspecified atom stereocenters. The molecule has 0 heterocycles. The summed E-state index contributed by atoms with van der Waals surface area (Å²) >= 11 is 0. The second-order valence-electron chi connectivity index (χ2n) is 7.11. The number of carboxylic acid groups (broad SMARTS) is 1. The van der Waals surface area contributed by atoms with E-state index in [1.165, 1.54) is 83.5 Å². The molecule has 1 N–H and O–H groups in total. The highest BCUT2D eigenvalue weighted by Gasteiger charge is 2.05. The molecule has 0 aromatic carbocycles. The molecule has 0 aromatic heterocycles. The zero-order valence-electron chi connectivity index (χ0n) is 16.4. The van der Waals surface area contributed by atoms with E-state index in [2.05, 4.69) is 11.7 Å². The minimum atomic E-state index is -1.10. The Kier molecular flexibility index (Phi) is 18.5. The molecule has 0 bridgehead atoms. The summed E-state index contributed by atoms with van der Waals surface area (Å²) in [4.78, 5) is 21.5. The molecule has 4 heteroatoms. The lowest BCUT2D eigenvalue weighted by atomic mass is 10.0. The van der Waals surface area contributed by atoms with Crippen molar-refractivity contribution in [2.75, 3.05) is 6.61 Å². The van der Waals surface area contributed by atoms with Crippen LogP contribution in [0.15, 0.2) is 0 Å². The Morgan fingerprint density at radius 1 is 0.640 bits per heavy atom. The highest BCUT2D eigenvalue weighted by atomic mass is 16.5. The summed E-state index contributed by atoms with van der Waals surface area (Å²) in [6.45, 7) is 1.75. The molecule has 0 aliphatic rings. The Labute approximate surface area is 154 Å². The fourth-order valence-electron chi connectivity index (χ4n) is 3.03. The van der Waals surface area contributed by atoms with E-state index in [4.69, 9.17) is 5.11 Å². The van der Waals surface area contributed by atoms with E-state index in [1.54, 1.807) is 0 Å². The maximum atomic E-state index is 11.2. The van der Waals surface area contributed by atoms with Crippen LogP contribution in [-0.4, -0.2) is 23.7 Å². The SMILES string of the molecule is CCCCCCCCCCCCCCCCCCC(=O)OCC(=O)O. The Morgan fingerprint density at radius 2 is 1.00 bits per heavy atom. The van der Waals surface area contributed by atoms with Crippen molar-refractivity contribution in [3.05, 3.63) is 0 Å². The van der Waals surface area contributed by atoms with Crippen LogP contribution in [0.1, 0.15) is 116 Å². The minimum absolute atomic E-state index is 0.339. The second kappa shape index (κ2) is 19.3. The molecule has 4 nitrogen and oxygen atoms in total. The normalized spacial score (nSPS) is 10.8. The van der Waals surface area contributed by atoms with Crippen molar-refractivity contribution in [2.45, 2.75) is 116 Å². The monoisotopic (exact) mass is 356 g/mol. The van der Waals surface area contributed by atoms with Crippen LogP contribution in [0.25, 0.3) is 0 Å². The second-order valence-corrected chi connectivity index (χ2v) is 7.11. The van der Waals surface area contributed by atoms with Crippen LogP contribution < -0.4 is 0 Å². The molecule has 0 aromatic rings. The van der Waals surface area contributed by atoms with Gasteiger partial charge in [-0.25, -0.2) is 4.79 Å². The van der Waals surface area contributed by atoms with E-state index in [1.807, 2.05) is 0 Å². The number of esters is 1. The van der Waals surface area contributed by atoms with Crippen LogP contribution >= 0.6 is 0 Å². The first-order chi connectivity index (χ1) is 12.2. The van der Waals surface area contributed by atoms with Gasteiger partial charge in [0.05, 0.1) is 0 Å². The van der Waals surface area contributed by atoms with Gasteiger partial charge >= 0.3 is 11.9 Å². The predicted octanol–water partition coefficient (Wildman–Crippen LogP) is 6.27. The standard InChI is InChI=1S/C21H40O4/c1-2-3-4-5-6-7-8-9-10-11-12-13-14-15-16-17-18-21(24)25-19-20(22)23/h2-19H2,1H3,(H,22,23). The first-order valence-electron chi connectivity index (χ1n) is 10.5. The number of unbranched alkanes of at least 4 members (excludes halogenated alkanes) is 15. The largest absolute Gasteiger partial charge is 0.479 e. The van der Waals surface area contributed by atoms with Crippen molar-refractivity contribution in [1.82, 2.24) is 0 Å². The Bertz CT molecular complexity index is 315. The maximum Gasteiger partial charge on any atom is 0.341 e. The third-order valence-electron chi connectivity index (χ3n) is 4.59. The van der Waals surface area contributed by atoms with Gasteiger partial charge in [0.2, 0.25) is 0 Å². The van der Waals surface area contributed by atoms with Crippen LogP contribution in [0, 0.1) is 0 Å². The molecule has 0 aliphatic carbocycles. The lowest BCUT2D eigenvalue weighted by Crippen LogP contribution is -2.12. The zero-order valence-corrected chi connectivity index (χ0v) is 16.4. The topological polar surface area (TPSA) is 63.6 Å². The first-order valence-corrected chi connectivity index (χ1v) is 10.5. The smallest absolute Gasteiger partial charge is 0.341 e. The Balaban J connectivity index is 3.09. The van der Waals surface area contributed by atoms with E-state index in [0.29, 0.717) is 6.42 Å². The summed E-state index contributed by atoms with van der Waals surface area (Å²) < 4.78 is 4.59. The lowest BCUT2D eigenvalue weighted by molar-refractivity contribution is -0.155. The van der Waals surface area contributed by atoms with E-state index < -0.39 is 18.5 Å². The van der Waals surface area contributed by atoms with Gasteiger partial charge in [0.25, 0.3) is 0 Å². The van der Waals surface area contributed by atoms with Gasteiger partial charge in [-0.05, 0) is 6.42 Å². The summed E-state index contributed by atoms with van der Waals surface area (Å²) in [5, 5.41) is 8.40. The van der Waals surface area contributed by atoms with Crippen LogP contribution in [0.3, 0.4) is 0 Å². The molecule has 0 saturated heterocycles. The minimum Gasteiger partial charge on any atom is -0.479 e. The molecule has 0 fully saturated rings. The molecule has 25 heavy (non-hydrogen) atoms. The van der Waals surface area contributed by atoms with Crippen molar-refractivity contribution < 1.29 is 19.4 Å². The summed E-state index contributed by atoms with van der Waals surface area (Å²) in [6, 6.07) is 0. The quantitative estimate of drug-likeness (QED) is 0.219. The van der Waals surface area contributed by atoms with Gasteiger partial charge in [-0.1, -0.05) is 103 Å². The van der Waals surface area contributed by atoms with Gasteiger partial charge in [-0.15, -0.1) is 0 Å². The fraction of sp³-hybridized carbons (Fsp3) is 0.905. The van der Waals surface area contributed by atoms with E-state index in [-0.39, 0.29) is 0 Å². The van der Waals surface area contributed by atoms with Crippen LogP contribution in [-0.2, 0) is 14.3 Å². The number of carbonyl (C=O) groups is 2. The molecule has 0 rings (SSSR count). The van der Waals surface area contributed by atoms with E-state index in [9.17, 15) is 9.59 Å². The van der Waals surface area contributed by atoms with Crippen molar-refractivity contribution in [2.24, 2.45) is 0 Å². The number of rotatable bonds is 19. The average molecular weight is 357 g/mol. The summed E-state index contributed by atoms with van der Waals surface area (Å²) in [5.74, 6) is -1.49. The maximum absolute atomic E-state index is 11.2. The number of carboxylic acids is 1. The van der Waals surface area contributed by atoms with Gasteiger partial charge in [0.1, 0.15) is 0 Å². The number of carbonyl (C=O) groups excluding carboxylic acids is 1. The molecule has 0 amide bonds. The Morgan fingerprint density at radius 3 is 1.36 bits per heavy atom. The number of hydrogen-bond acceptors (Lipinski definition) is 3. The fourth-order valence-corrected chi connectivity index (χ4v) is 3.03. The van der Waals surface area contributed by atoms with Crippen LogP contribution in [0.2, 0.25) is 0 Å². The van der Waals surface area contributed by atoms with E-state index >= 15 is 0 Å². The van der Waals surface area contributed by atoms with Crippen molar-refractivity contribution in [1.29, 1.82) is 0 Å². The molecule has 0 atom stereocenters.